The third-order valence-electron chi connectivity index (χ3n) is 2.39. The summed E-state index contributed by atoms with van der Waals surface area (Å²) in [6.07, 6.45) is -9.23. The fraction of sp³-hybridized carbons (Fsp3) is 0.778. The van der Waals surface area contributed by atoms with Crippen LogP contribution in [-0.2, 0) is 0 Å². The lowest BCUT2D eigenvalue weighted by molar-refractivity contribution is -0.347. The van der Waals surface area contributed by atoms with E-state index in [1.54, 1.807) is 0 Å². The van der Waals surface area contributed by atoms with Crippen LogP contribution >= 0.6 is 0 Å². The second kappa shape index (κ2) is 3.94. The van der Waals surface area contributed by atoms with E-state index in [4.69, 9.17) is 5.11 Å². The first-order valence-electron chi connectivity index (χ1n) is 4.61. The maximum Gasteiger partial charge on any atom is 0.429 e. The number of hydrogen-bond donors (Lipinski definition) is 1. The standard InChI is InChI=1S/C9H10F6O/c10-8(11,12)7(16,9(13,14)15)5-1-2-6-3-4-6/h1,5-6,16H,2-4H2/b5-1+. The molecule has 0 atom stereocenters. The van der Waals surface area contributed by atoms with Crippen LogP contribution in [0.1, 0.15) is 19.3 Å². The van der Waals surface area contributed by atoms with E-state index in [0.717, 1.165) is 18.9 Å². The molecule has 0 bridgehead atoms. The molecule has 0 aromatic carbocycles. The zero-order chi connectivity index (χ0) is 12.6. The van der Waals surface area contributed by atoms with Crippen LogP contribution in [0.2, 0.25) is 0 Å². The molecule has 1 rings (SSSR count). The Balaban J connectivity index is 2.81. The summed E-state index contributed by atoms with van der Waals surface area (Å²) in [5.74, 6) is 0.155. The van der Waals surface area contributed by atoms with E-state index in [1.807, 2.05) is 0 Å². The second-order valence-corrected chi connectivity index (χ2v) is 3.84. The lowest BCUT2D eigenvalue weighted by atomic mass is 10.0. The maximum absolute atomic E-state index is 12.1. The topological polar surface area (TPSA) is 20.2 Å². The summed E-state index contributed by atoms with van der Waals surface area (Å²) in [5.41, 5.74) is -4.74. The Bertz CT molecular complexity index is 259. The second-order valence-electron chi connectivity index (χ2n) is 3.84. The zero-order valence-corrected chi connectivity index (χ0v) is 8.07. The molecule has 0 spiro atoms. The Kier molecular flexibility index (Phi) is 3.29. The predicted octanol–water partition coefficient (Wildman–Crippen LogP) is 3.20. The minimum Gasteiger partial charge on any atom is -0.370 e. The van der Waals surface area contributed by atoms with Crippen LogP contribution in [0.4, 0.5) is 26.3 Å². The monoisotopic (exact) mass is 248 g/mol. The van der Waals surface area contributed by atoms with Crippen LogP contribution in [-0.4, -0.2) is 23.1 Å². The minimum atomic E-state index is -5.76. The van der Waals surface area contributed by atoms with E-state index < -0.39 is 18.0 Å². The van der Waals surface area contributed by atoms with Gasteiger partial charge in [0.1, 0.15) is 0 Å². The van der Waals surface area contributed by atoms with Crippen molar-refractivity contribution in [3.8, 4) is 0 Å². The Morgan fingerprint density at radius 1 is 1.00 bits per heavy atom. The molecule has 1 N–H and O–H groups in total. The van der Waals surface area contributed by atoms with E-state index >= 15 is 0 Å². The van der Waals surface area contributed by atoms with Gasteiger partial charge in [0.2, 0.25) is 0 Å². The number of hydrogen-bond acceptors (Lipinski definition) is 1. The quantitative estimate of drug-likeness (QED) is 0.600. The Morgan fingerprint density at radius 3 is 1.75 bits per heavy atom. The number of halogens is 6. The van der Waals surface area contributed by atoms with Gasteiger partial charge in [0.15, 0.2) is 0 Å². The molecule has 0 radical (unpaired) electrons. The number of rotatable bonds is 3. The largest absolute Gasteiger partial charge is 0.429 e. The molecule has 0 aromatic rings. The smallest absolute Gasteiger partial charge is 0.370 e. The molecule has 1 aliphatic rings. The van der Waals surface area contributed by atoms with Gasteiger partial charge in [0.25, 0.3) is 5.60 Å². The van der Waals surface area contributed by atoms with Crippen LogP contribution in [0.15, 0.2) is 12.2 Å². The molecule has 0 heterocycles. The molecule has 1 aliphatic carbocycles. The first kappa shape index (κ1) is 13.3. The molecule has 0 amide bonds. The van der Waals surface area contributed by atoms with E-state index in [1.165, 1.54) is 0 Å². The summed E-state index contributed by atoms with van der Waals surface area (Å²) in [4.78, 5) is 0. The molecule has 16 heavy (non-hydrogen) atoms. The van der Waals surface area contributed by atoms with Gasteiger partial charge in [-0.15, -0.1) is 0 Å². The van der Waals surface area contributed by atoms with E-state index in [-0.39, 0.29) is 18.4 Å². The van der Waals surface area contributed by atoms with Crippen molar-refractivity contribution in [1.29, 1.82) is 0 Å². The molecule has 1 nitrogen and oxygen atoms in total. The average molecular weight is 248 g/mol. The lowest BCUT2D eigenvalue weighted by Crippen LogP contribution is -2.55. The highest BCUT2D eigenvalue weighted by atomic mass is 19.4. The SMILES string of the molecule is OC(/C=C/CC1CC1)(C(F)(F)F)C(F)(F)F. The Morgan fingerprint density at radius 2 is 1.44 bits per heavy atom. The molecule has 0 aromatic heterocycles. The summed E-state index contributed by atoms with van der Waals surface area (Å²) < 4.78 is 72.7. The fourth-order valence-electron chi connectivity index (χ4n) is 1.13. The third-order valence-corrected chi connectivity index (χ3v) is 2.39. The van der Waals surface area contributed by atoms with Crippen LogP contribution in [0.5, 0.6) is 0 Å². The number of alkyl halides is 6. The van der Waals surface area contributed by atoms with Crippen molar-refractivity contribution in [3.63, 3.8) is 0 Å². The van der Waals surface area contributed by atoms with Crippen molar-refractivity contribution >= 4 is 0 Å². The Hall–Kier alpha value is -0.720. The van der Waals surface area contributed by atoms with Gasteiger partial charge in [-0.25, -0.2) is 0 Å². The molecule has 1 saturated carbocycles. The average Bonchev–Trinajstić information content (AvgIpc) is 2.83. The molecule has 0 aliphatic heterocycles. The first-order valence-corrected chi connectivity index (χ1v) is 4.61. The number of allylic oxidation sites excluding steroid dienone is 1. The van der Waals surface area contributed by atoms with E-state index in [2.05, 4.69) is 0 Å². The van der Waals surface area contributed by atoms with Crippen molar-refractivity contribution in [3.05, 3.63) is 12.2 Å². The van der Waals surface area contributed by atoms with Gasteiger partial charge in [-0.3, -0.25) is 0 Å². The van der Waals surface area contributed by atoms with Crippen LogP contribution < -0.4 is 0 Å². The van der Waals surface area contributed by atoms with Crippen molar-refractivity contribution in [2.45, 2.75) is 37.2 Å². The van der Waals surface area contributed by atoms with E-state index in [0.29, 0.717) is 0 Å². The fourth-order valence-corrected chi connectivity index (χ4v) is 1.13. The predicted molar refractivity (Wildman–Crippen MR) is 43.5 cm³/mol. The molecule has 0 saturated heterocycles. The van der Waals surface area contributed by atoms with Crippen molar-refractivity contribution < 1.29 is 31.4 Å². The molecule has 1 fully saturated rings. The van der Waals surface area contributed by atoms with E-state index in [9.17, 15) is 26.3 Å². The molecule has 7 heteroatoms. The molecule has 0 unspecified atom stereocenters. The van der Waals surface area contributed by atoms with Crippen molar-refractivity contribution in [1.82, 2.24) is 0 Å². The van der Waals surface area contributed by atoms with Crippen LogP contribution in [0.25, 0.3) is 0 Å². The molecule has 94 valence electrons. The van der Waals surface area contributed by atoms with Crippen LogP contribution in [0.3, 0.4) is 0 Å². The third kappa shape index (κ3) is 2.69. The summed E-state index contributed by atoms with van der Waals surface area (Å²) in [6, 6.07) is 0. The van der Waals surface area contributed by atoms with Crippen LogP contribution in [0, 0.1) is 5.92 Å². The van der Waals surface area contributed by atoms with Gasteiger partial charge in [-0.1, -0.05) is 6.08 Å². The highest BCUT2D eigenvalue weighted by molar-refractivity contribution is 5.11. The summed E-state index contributed by atoms with van der Waals surface area (Å²) in [6.45, 7) is 0. The normalized spacial score (nSPS) is 19.4. The van der Waals surface area contributed by atoms with Crippen molar-refractivity contribution in [2.24, 2.45) is 5.92 Å². The first-order chi connectivity index (χ1) is 7.08. The molecular formula is C9H10F6O. The van der Waals surface area contributed by atoms with Gasteiger partial charge in [0.05, 0.1) is 0 Å². The molecular weight excluding hydrogens is 238 g/mol. The van der Waals surface area contributed by atoms with Gasteiger partial charge < -0.3 is 5.11 Å². The summed E-state index contributed by atoms with van der Waals surface area (Å²) in [5, 5.41) is 8.68. The van der Waals surface area contributed by atoms with Gasteiger partial charge in [-0.05, 0) is 31.3 Å². The lowest BCUT2D eigenvalue weighted by Gasteiger charge is -2.29. The Labute approximate surface area is 87.8 Å². The summed E-state index contributed by atoms with van der Waals surface area (Å²) >= 11 is 0. The van der Waals surface area contributed by atoms with Gasteiger partial charge in [0, 0.05) is 0 Å². The zero-order valence-electron chi connectivity index (χ0n) is 8.07. The minimum absolute atomic E-state index is 0.133. The highest BCUT2D eigenvalue weighted by Crippen LogP contribution is 2.44. The van der Waals surface area contributed by atoms with Crippen molar-refractivity contribution in [2.75, 3.05) is 0 Å². The highest BCUT2D eigenvalue weighted by Gasteiger charge is 2.68. The maximum atomic E-state index is 12.1. The van der Waals surface area contributed by atoms with Gasteiger partial charge in [-0.2, -0.15) is 26.3 Å². The van der Waals surface area contributed by atoms with Gasteiger partial charge >= 0.3 is 12.4 Å². The summed E-state index contributed by atoms with van der Waals surface area (Å²) in [7, 11) is 0. The number of aliphatic hydroxyl groups is 1.